The third-order valence-electron chi connectivity index (χ3n) is 3.76. The van der Waals surface area contributed by atoms with Gasteiger partial charge in [0.25, 0.3) is 5.91 Å². The molecule has 1 aliphatic rings. The van der Waals surface area contributed by atoms with Crippen molar-refractivity contribution in [1.82, 2.24) is 5.32 Å². The van der Waals surface area contributed by atoms with Gasteiger partial charge in [0.15, 0.2) is 0 Å². The molecule has 3 nitrogen and oxygen atoms in total. The highest BCUT2D eigenvalue weighted by molar-refractivity contribution is 6.43. The van der Waals surface area contributed by atoms with Crippen molar-refractivity contribution in [2.45, 2.75) is 51.0 Å². The van der Waals surface area contributed by atoms with E-state index in [2.05, 4.69) is 5.32 Å². The van der Waals surface area contributed by atoms with Crippen LogP contribution in [0, 0.1) is 0 Å². The van der Waals surface area contributed by atoms with Gasteiger partial charge in [-0.05, 0) is 25.0 Å². The molecule has 0 atom stereocenters. The molecule has 0 bridgehead atoms. The van der Waals surface area contributed by atoms with Gasteiger partial charge in [0.1, 0.15) is 0 Å². The van der Waals surface area contributed by atoms with Crippen LogP contribution in [0.4, 0.5) is 5.69 Å². The second-order valence-electron chi connectivity index (χ2n) is 5.38. The second kappa shape index (κ2) is 7.19. The van der Waals surface area contributed by atoms with Gasteiger partial charge >= 0.3 is 0 Å². The summed E-state index contributed by atoms with van der Waals surface area (Å²) < 4.78 is 0. The smallest absolute Gasteiger partial charge is 0.251 e. The highest BCUT2D eigenvalue weighted by Crippen LogP contribution is 2.29. The number of benzene rings is 1. The molecule has 0 aromatic heterocycles. The number of carbonyl (C=O) groups excluding carboxylic acids is 1. The van der Waals surface area contributed by atoms with Crippen LogP contribution in [-0.4, -0.2) is 11.9 Å². The molecule has 2 rings (SSSR count). The number of nitrogen functional groups attached to an aromatic ring is 1. The van der Waals surface area contributed by atoms with E-state index in [1.807, 2.05) is 0 Å². The molecule has 1 aromatic rings. The van der Waals surface area contributed by atoms with E-state index in [1.165, 1.54) is 32.1 Å². The van der Waals surface area contributed by atoms with E-state index in [4.69, 9.17) is 28.9 Å². The van der Waals surface area contributed by atoms with Crippen molar-refractivity contribution < 1.29 is 4.79 Å². The molecule has 110 valence electrons. The number of hydrogen-bond donors (Lipinski definition) is 2. The Morgan fingerprint density at radius 2 is 1.70 bits per heavy atom. The summed E-state index contributed by atoms with van der Waals surface area (Å²) >= 11 is 11.9. The topological polar surface area (TPSA) is 55.1 Å². The Bertz CT molecular complexity index is 460. The van der Waals surface area contributed by atoms with Crippen LogP contribution in [0.15, 0.2) is 12.1 Å². The fourth-order valence-corrected chi connectivity index (χ4v) is 2.95. The minimum absolute atomic E-state index is 0.124. The first kappa shape index (κ1) is 15.5. The molecule has 0 unspecified atom stereocenters. The number of nitrogens with one attached hydrogen (secondary N) is 1. The van der Waals surface area contributed by atoms with E-state index < -0.39 is 0 Å². The number of halogens is 2. The lowest BCUT2D eigenvalue weighted by Crippen LogP contribution is -2.35. The largest absolute Gasteiger partial charge is 0.397 e. The van der Waals surface area contributed by atoms with Crippen LogP contribution in [0.25, 0.3) is 0 Å². The molecule has 1 saturated carbocycles. The maximum atomic E-state index is 12.3. The molecule has 0 aliphatic heterocycles. The predicted octanol–water partition coefficient (Wildman–Crippen LogP) is 4.42. The minimum atomic E-state index is -0.124. The average molecular weight is 315 g/mol. The lowest BCUT2D eigenvalue weighted by Gasteiger charge is -2.21. The number of amides is 1. The van der Waals surface area contributed by atoms with E-state index in [0.717, 1.165) is 12.8 Å². The molecule has 0 spiro atoms. The Balaban J connectivity index is 2.03. The van der Waals surface area contributed by atoms with Crippen LogP contribution in [0.1, 0.15) is 55.3 Å². The van der Waals surface area contributed by atoms with Gasteiger partial charge < -0.3 is 11.1 Å². The summed E-state index contributed by atoms with van der Waals surface area (Å²) in [6.45, 7) is 0. The Hall–Kier alpha value is -0.930. The summed E-state index contributed by atoms with van der Waals surface area (Å²) in [5, 5.41) is 3.70. The molecule has 0 radical (unpaired) electrons. The summed E-state index contributed by atoms with van der Waals surface area (Å²) in [6.07, 6.45) is 8.26. The highest BCUT2D eigenvalue weighted by Gasteiger charge is 2.16. The third-order valence-corrected chi connectivity index (χ3v) is 4.58. The van der Waals surface area contributed by atoms with Gasteiger partial charge in [-0.2, -0.15) is 0 Å². The monoisotopic (exact) mass is 314 g/mol. The first-order valence-electron chi connectivity index (χ1n) is 7.13. The number of carbonyl (C=O) groups is 1. The lowest BCUT2D eigenvalue weighted by atomic mass is 9.96. The zero-order valence-electron chi connectivity index (χ0n) is 11.4. The molecule has 3 N–H and O–H groups in total. The quantitative estimate of drug-likeness (QED) is 0.794. The van der Waals surface area contributed by atoms with Crippen LogP contribution in [-0.2, 0) is 0 Å². The van der Waals surface area contributed by atoms with Crippen LogP contribution in [0.3, 0.4) is 0 Å². The van der Waals surface area contributed by atoms with Crippen molar-refractivity contribution in [3.8, 4) is 0 Å². The lowest BCUT2D eigenvalue weighted by molar-refractivity contribution is 0.0930. The first-order valence-corrected chi connectivity index (χ1v) is 7.89. The molecular formula is C15H20Cl2N2O. The SMILES string of the molecule is Nc1cc(C(=O)NC2CCCCCCC2)cc(Cl)c1Cl. The maximum Gasteiger partial charge on any atom is 0.251 e. The van der Waals surface area contributed by atoms with Gasteiger partial charge in [0, 0.05) is 11.6 Å². The summed E-state index contributed by atoms with van der Waals surface area (Å²) in [4.78, 5) is 12.3. The second-order valence-corrected chi connectivity index (χ2v) is 6.16. The standard InChI is InChI=1S/C15H20Cl2N2O/c16-12-8-10(9-13(18)14(12)17)15(20)19-11-6-4-2-1-3-5-7-11/h8-9,11H,1-7,18H2,(H,19,20). The van der Waals surface area contributed by atoms with Crippen molar-refractivity contribution >= 4 is 34.8 Å². The van der Waals surface area contributed by atoms with Gasteiger partial charge in [-0.3, -0.25) is 4.79 Å². The Labute approximate surface area is 129 Å². The van der Waals surface area contributed by atoms with Crippen molar-refractivity contribution in [3.05, 3.63) is 27.7 Å². The van der Waals surface area contributed by atoms with Crippen molar-refractivity contribution in [2.24, 2.45) is 0 Å². The highest BCUT2D eigenvalue weighted by atomic mass is 35.5. The van der Waals surface area contributed by atoms with E-state index in [9.17, 15) is 4.79 Å². The molecule has 0 saturated heterocycles. The number of hydrogen-bond acceptors (Lipinski definition) is 2. The van der Waals surface area contributed by atoms with Crippen molar-refractivity contribution in [1.29, 1.82) is 0 Å². The predicted molar refractivity (Wildman–Crippen MR) is 84.4 cm³/mol. The normalized spacial score (nSPS) is 17.3. The van der Waals surface area contributed by atoms with Crippen LogP contribution in [0.5, 0.6) is 0 Å². The van der Waals surface area contributed by atoms with Crippen LogP contribution >= 0.6 is 23.2 Å². The molecule has 20 heavy (non-hydrogen) atoms. The van der Waals surface area contributed by atoms with Gasteiger partial charge in [-0.15, -0.1) is 0 Å². The number of nitrogens with two attached hydrogens (primary N) is 1. The number of rotatable bonds is 2. The molecule has 1 fully saturated rings. The Kier molecular flexibility index (Phi) is 5.55. The van der Waals surface area contributed by atoms with Crippen molar-refractivity contribution in [2.75, 3.05) is 5.73 Å². The summed E-state index contributed by atoms with van der Waals surface area (Å²) in [5.41, 5.74) is 6.55. The molecular weight excluding hydrogens is 295 g/mol. The first-order chi connectivity index (χ1) is 9.58. The van der Waals surface area contributed by atoms with Gasteiger partial charge in [0.2, 0.25) is 0 Å². The molecule has 1 aliphatic carbocycles. The summed E-state index contributed by atoms with van der Waals surface area (Å²) in [7, 11) is 0. The molecule has 1 amide bonds. The van der Waals surface area contributed by atoms with E-state index in [-0.39, 0.29) is 11.9 Å². The fraction of sp³-hybridized carbons (Fsp3) is 0.533. The summed E-state index contributed by atoms with van der Waals surface area (Å²) in [6, 6.07) is 3.39. The molecule has 1 aromatic carbocycles. The zero-order chi connectivity index (χ0) is 14.5. The van der Waals surface area contributed by atoms with Crippen LogP contribution < -0.4 is 11.1 Å². The Morgan fingerprint density at radius 3 is 2.30 bits per heavy atom. The minimum Gasteiger partial charge on any atom is -0.397 e. The van der Waals surface area contributed by atoms with E-state index in [0.29, 0.717) is 21.3 Å². The number of anilines is 1. The van der Waals surface area contributed by atoms with Crippen LogP contribution in [0.2, 0.25) is 10.0 Å². The van der Waals surface area contributed by atoms with Gasteiger partial charge in [0.05, 0.1) is 15.7 Å². The van der Waals surface area contributed by atoms with Gasteiger partial charge in [-0.1, -0.05) is 55.3 Å². The maximum absolute atomic E-state index is 12.3. The van der Waals surface area contributed by atoms with Gasteiger partial charge in [-0.25, -0.2) is 0 Å². The Morgan fingerprint density at radius 1 is 1.10 bits per heavy atom. The fourth-order valence-electron chi connectivity index (χ4n) is 2.61. The molecule has 0 heterocycles. The third kappa shape index (κ3) is 4.03. The van der Waals surface area contributed by atoms with Crippen molar-refractivity contribution in [3.63, 3.8) is 0 Å². The van der Waals surface area contributed by atoms with E-state index >= 15 is 0 Å². The molecule has 5 heteroatoms. The average Bonchev–Trinajstić information content (AvgIpc) is 2.38. The summed E-state index contributed by atoms with van der Waals surface area (Å²) in [5.74, 6) is -0.124. The van der Waals surface area contributed by atoms with E-state index in [1.54, 1.807) is 12.1 Å². The zero-order valence-corrected chi connectivity index (χ0v) is 12.9.